The van der Waals surface area contributed by atoms with Gasteiger partial charge in [-0.05, 0) is 35.4 Å². The maximum Gasteiger partial charge on any atom is 0.0991 e. The second kappa shape index (κ2) is 6.51. The Morgan fingerprint density at radius 2 is 1.42 bits per heavy atom. The van der Waals surface area contributed by atoms with Crippen LogP contribution in [0.15, 0.2) is 48.5 Å². The average Bonchev–Trinajstić information content (AvgIpc) is 2.42. The lowest BCUT2D eigenvalue weighted by atomic mass is 10.2. The standard InChI is InChI=1S/C15H12ClNOS/c16-15-7-5-14(6-8-15)11-19(18)10-13-3-1-12(9-17)2-4-13/h1-8H,10-11H2. The van der Waals surface area contributed by atoms with Crippen LogP contribution in [-0.4, -0.2) is 4.21 Å². The highest BCUT2D eigenvalue weighted by molar-refractivity contribution is 7.83. The predicted molar refractivity (Wildman–Crippen MR) is 78.2 cm³/mol. The Morgan fingerprint density at radius 3 is 1.89 bits per heavy atom. The van der Waals surface area contributed by atoms with Crippen LogP contribution in [0.5, 0.6) is 0 Å². The molecule has 2 aromatic rings. The van der Waals surface area contributed by atoms with E-state index in [0.717, 1.165) is 11.1 Å². The van der Waals surface area contributed by atoms with Gasteiger partial charge in [0.1, 0.15) is 0 Å². The molecule has 0 aromatic heterocycles. The Kier molecular flexibility index (Phi) is 4.73. The molecule has 0 N–H and O–H groups in total. The summed E-state index contributed by atoms with van der Waals surface area (Å²) in [7, 11) is -0.963. The SMILES string of the molecule is N#Cc1ccc(CS(=O)Cc2ccc(Cl)cc2)cc1. The molecule has 0 spiro atoms. The quantitative estimate of drug-likeness (QED) is 0.862. The van der Waals surface area contributed by atoms with Gasteiger partial charge in [-0.3, -0.25) is 4.21 Å². The number of halogens is 1. The molecule has 4 heteroatoms. The normalized spacial score (nSPS) is 11.8. The van der Waals surface area contributed by atoms with Gasteiger partial charge in [-0.25, -0.2) is 0 Å². The van der Waals surface area contributed by atoms with E-state index in [9.17, 15) is 4.21 Å². The fourth-order valence-electron chi connectivity index (χ4n) is 1.68. The second-order valence-electron chi connectivity index (χ2n) is 4.16. The van der Waals surface area contributed by atoms with E-state index in [-0.39, 0.29) is 0 Å². The van der Waals surface area contributed by atoms with E-state index in [1.54, 1.807) is 24.3 Å². The van der Waals surface area contributed by atoms with Gasteiger partial charge in [0.2, 0.25) is 0 Å². The third-order valence-corrected chi connectivity index (χ3v) is 4.21. The number of hydrogen-bond donors (Lipinski definition) is 0. The van der Waals surface area contributed by atoms with E-state index >= 15 is 0 Å². The van der Waals surface area contributed by atoms with Crippen molar-refractivity contribution in [3.8, 4) is 6.07 Å². The first-order chi connectivity index (χ1) is 9.17. The summed E-state index contributed by atoms with van der Waals surface area (Å²) in [6.45, 7) is 0. The molecule has 0 aliphatic heterocycles. The summed E-state index contributed by atoms with van der Waals surface area (Å²) < 4.78 is 12.0. The third kappa shape index (κ3) is 4.20. The fraction of sp³-hybridized carbons (Fsp3) is 0.133. The summed E-state index contributed by atoms with van der Waals surface area (Å²) >= 11 is 5.80. The van der Waals surface area contributed by atoms with Crippen molar-refractivity contribution in [2.45, 2.75) is 11.5 Å². The number of benzene rings is 2. The van der Waals surface area contributed by atoms with E-state index in [0.29, 0.717) is 22.1 Å². The van der Waals surface area contributed by atoms with Crippen LogP contribution in [-0.2, 0) is 22.3 Å². The predicted octanol–water partition coefficient (Wildman–Crippen LogP) is 3.66. The first-order valence-corrected chi connectivity index (χ1v) is 7.62. The zero-order chi connectivity index (χ0) is 13.7. The molecular formula is C15H12ClNOS. The fourth-order valence-corrected chi connectivity index (χ4v) is 3.04. The number of nitrogens with zero attached hydrogens (tertiary/aromatic N) is 1. The minimum absolute atomic E-state index is 0.494. The van der Waals surface area contributed by atoms with Crippen molar-refractivity contribution in [2.24, 2.45) is 0 Å². The lowest BCUT2D eigenvalue weighted by Crippen LogP contribution is -1.99. The molecule has 2 rings (SSSR count). The van der Waals surface area contributed by atoms with Crippen LogP contribution in [0.4, 0.5) is 0 Å². The van der Waals surface area contributed by atoms with Gasteiger partial charge < -0.3 is 0 Å². The van der Waals surface area contributed by atoms with Crippen LogP contribution in [0, 0.1) is 11.3 Å². The molecule has 96 valence electrons. The molecule has 2 nitrogen and oxygen atoms in total. The van der Waals surface area contributed by atoms with Crippen molar-refractivity contribution in [2.75, 3.05) is 0 Å². The molecule has 0 heterocycles. The van der Waals surface area contributed by atoms with Crippen molar-refractivity contribution in [1.29, 1.82) is 5.26 Å². The monoisotopic (exact) mass is 289 g/mol. The van der Waals surface area contributed by atoms with Gasteiger partial charge in [-0.15, -0.1) is 0 Å². The highest BCUT2D eigenvalue weighted by Crippen LogP contribution is 2.13. The van der Waals surface area contributed by atoms with E-state index in [4.69, 9.17) is 16.9 Å². The maximum atomic E-state index is 12.0. The molecule has 19 heavy (non-hydrogen) atoms. The summed E-state index contributed by atoms with van der Waals surface area (Å²) in [6, 6.07) is 16.6. The molecule has 0 aliphatic rings. The first-order valence-electron chi connectivity index (χ1n) is 5.76. The highest BCUT2D eigenvalue weighted by Gasteiger charge is 2.04. The van der Waals surface area contributed by atoms with Gasteiger partial charge in [-0.2, -0.15) is 5.26 Å². The summed E-state index contributed by atoms with van der Waals surface area (Å²) in [6.07, 6.45) is 0. The summed E-state index contributed by atoms with van der Waals surface area (Å²) in [4.78, 5) is 0. The van der Waals surface area contributed by atoms with Crippen molar-refractivity contribution in [3.05, 3.63) is 70.2 Å². The van der Waals surface area contributed by atoms with Crippen LogP contribution < -0.4 is 0 Å². The van der Waals surface area contributed by atoms with Crippen molar-refractivity contribution >= 4 is 22.4 Å². The molecule has 0 bridgehead atoms. The molecule has 0 radical (unpaired) electrons. The summed E-state index contributed by atoms with van der Waals surface area (Å²) in [5, 5.41) is 9.39. The smallest absolute Gasteiger partial charge is 0.0991 e. The molecule has 1 atom stereocenters. The Bertz CT molecular complexity index is 614. The molecule has 0 saturated heterocycles. The van der Waals surface area contributed by atoms with Gasteiger partial charge in [0.05, 0.1) is 11.6 Å². The highest BCUT2D eigenvalue weighted by atomic mass is 35.5. The number of hydrogen-bond acceptors (Lipinski definition) is 2. The third-order valence-electron chi connectivity index (χ3n) is 2.65. The van der Waals surface area contributed by atoms with Gasteiger partial charge in [0, 0.05) is 27.3 Å². The van der Waals surface area contributed by atoms with Crippen molar-refractivity contribution in [1.82, 2.24) is 0 Å². The van der Waals surface area contributed by atoms with Crippen LogP contribution in [0.25, 0.3) is 0 Å². The minimum atomic E-state index is -0.963. The van der Waals surface area contributed by atoms with E-state index in [1.807, 2.05) is 24.3 Å². The van der Waals surface area contributed by atoms with E-state index < -0.39 is 10.8 Å². The second-order valence-corrected chi connectivity index (χ2v) is 6.06. The van der Waals surface area contributed by atoms with E-state index in [1.165, 1.54) is 0 Å². The molecule has 0 aliphatic carbocycles. The zero-order valence-corrected chi connectivity index (χ0v) is 11.7. The zero-order valence-electron chi connectivity index (χ0n) is 10.2. The van der Waals surface area contributed by atoms with Gasteiger partial charge in [0.25, 0.3) is 0 Å². The lowest BCUT2D eigenvalue weighted by Gasteiger charge is -2.03. The Balaban J connectivity index is 1.97. The van der Waals surface area contributed by atoms with Crippen LogP contribution in [0.1, 0.15) is 16.7 Å². The molecular weight excluding hydrogens is 278 g/mol. The van der Waals surface area contributed by atoms with Crippen molar-refractivity contribution < 1.29 is 4.21 Å². The molecule has 0 fully saturated rings. The molecule has 1 unspecified atom stereocenters. The number of nitriles is 1. The Labute approximate surface area is 120 Å². The molecule has 0 amide bonds. The van der Waals surface area contributed by atoms with Crippen LogP contribution in [0.2, 0.25) is 5.02 Å². The topological polar surface area (TPSA) is 40.9 Å². The largest absolute Gasteiger partial charge is 0.259 e. The summed E-state index contributed by atoms with van der Waals surface area (Å²) in [5.41, 5.74) is 2.61. The Morgan fingerprint density at radius 1 is 0.947 bits per heavy atom. The van der Waals surface area contributed by atoms with Crippen LogP contribution in [0.3, 0.4) is 0 Å². The maximum absolute atomic E-state index is 12.0. The van der Waals surface area contributed by atoms with Crippen LogP contribution >= 0.6 is 11.6 Å². The average molecular weight is 290 g/mol. The van der Waals surface area contributed by atoms with Crippen molar-refractivity contribution in [3.63, 3.8) is 0 Å². The summed E-state index contributed by atoms with van der Waals surface area (Å²) in [5.74, 6) is 1.01. The molecule has 0 saturated carbocycles. The first kappa shape index (κ1) is 13.8. The van der Waals surface area contributed by atoms with Gasteiger partial charge in [0.15, 0.2) is 0 Å². The molecule has 2 aromatic carbocycles. The van der Waals surface area contributed by atoms with Gasteiger partial charge in [-0.1, -0.05) is 35.9 Å². The lowest BCUT2D eigenvalue weighted by molar-refractivity contribution is 0.682. The Hall–Kier alpha value is -1.63. The van der Waals surface area contributed by atoms with E-state index in [2.05, 4.69) is 6.07 Å². The van der Waals surface area contributed by atoms with Gasteiger partial charge >= 0.3 is 0 Å². The number of rotatable bonds is 4. The minimum Gasteiger partial charge on any atom is -0.259 e.